The first-order chi connectivity index (χ1) is 9.36. The van der Waals surface area contributed by atoms with Crippen molar-refractivity contribution in [3.8, 4) is 0 Å². The quantitative estimate of drug-likeness (QED) is 0.838. The standard InChI is InChI=1S/C13H18Cl2N2O2S/c1-8(9-2-3-9)7-17-20(18,19)12-5-4-11(14)10(6-16)13(12)15/h4-5,8-9,17H,2-3,6-7,16H2,1H3. The number of halogens is 2. The molecule has 112 valence electrons. The third-order valence-corrected chi connectivity index (χ3v) is 6.03. The van der Waals surface area contributed by atoms with Crippen LogP contribution in [0, 0.1) is 11.8 Å². The van der Waals surface area contributed by atoms with Gasteiger partial charge >= 0.3 is 0 Å². The number of nitrogens with one attached hydrogen (secondary N) is 1. The number of nitrogens with two attached hydrogens (primary N) is 1. The molecule has 2 rings (SSSR count). The zero-order valence-electron chi connectivity index (χ0n) is 11.2. The fraction of sp³-hybridized carbons (Fsp3) is 0.538. The number of benzene rings is 1. The Morgan fingerprint density at radius 2 is 2.05 bits per heavy atom. The third-order valence-electron chi connectivity index (χ3n) is 3.67. The van der Waals surface area contributed by atoms with Gasteiger partial charge in [-0.1, -0.05) is 30.1 Å². The van der Waals surface area contributed by atoms with Crippen molar-refractivity contribution in [3.05, 3.63) is 27.7 Å². The van der Waals surface area contributed by atoms with Gasteiger partial charge in [-0.2, -0.15) is 0 Å². The number of rotatable bonds is 6. The van der Waals surface area contributed by atoms with Crippen molar-refractivity contribution in [1.82, 2.24) is 4.72 Å². The largest absolute Gasteiger partial charge is 0.326 e. The van der Waals surface area contributed by atoms with Crippen LogP contribution in [0.25, 0.3) is 0 Å². The van der Waals surface area contributed by atoms with E-state index in [1.807, 2.05) is 0 Å². The molecule has 20 heavy (non-hydrogen) atoms. The summed E-state index contributed by atoms with van der Waals surface area (Å²) in [6.45, 7) is 2.57. The molecule has 0 aliphatic heterocycles. The van der Waals surface area contributed by atoms with Crippen molar-refractivity contribution in [2.75, 3.05) is 6.54 Å². The Morgan fingerprint density at radius 1 is 1.40 bits per heavy atom. The molecule has 1 aromatic carbocycles. The molecule has 1 unspecified atom stereocenters. The molecule has 1 aliphatic rings. The van der Waals surface area contributed by atoms with E-state index in [1.54, 1.807) is 0 Å². The summed E-state index contributed by atoms with van der Waals surface area (Å²) in [6, 6.07) is 2.92. The van der Waals surface area contributed by atoms with E-state index < -0.39 is 10.0 Å². The van der Waals surface area contributed by atoms with Gasteiger partial charge in [0, 0.05) is 23.7 Å². The van der Waals surface area contributed by atoms with E-state index in [0.717, 1.165) is 0 Å². The molecule has 1 fully saturated rings. The fourth-order valence-electron chi connectivity index (χ4n) is 2.12. The highest BCUT2D eigenvalue weighted by Gasteiger charge is 2.29. The molecule has 4 nitrogen and oxygen atoms in total. The normalized spacial score (nSPS) is 17.2. The van der Waals surface area contributed by atoms with Crippen LogP contribution in [0.15, 0.2) is 17.0 Å². The van der Waals surface area contributed by atoms with E-state index in [4.69, 9.17) is 28.9 Å². The topological polar surface area (TPSA) is 72.2 Å². The lowest BCUT2D eigenvalue weighted by Gasteiger charge is -2.14. The van der Waals surface area contributed by atoms with Crippen molar-refractivity contribution < 1.29 is 8.42 Å². The minimum atomic E-state index is -3.64. The summed E-state index contributed by atoms with van der Waals surface area (Å²) in [6.07, 6.45) is 2.36. The molecule has 0 heterocycles. The molecule has 7 heteroatoms. The van der Waals surface area contributed by atoms with Crippen LogP contribution >= 0.6 is 23.2 Å². The molecule has 0 aromatic heterocycles. The van der Waals surface area contributed by atoms with Crippen LogP contribution in [-0.2, 0) is 16.6 Å². The van der Waals surface area contributed by atoms with Crippen LogP contribution in [0.4, 0.5) is 0 Å². The highest BCUT2D eigenvalue weighted by atomic mass is 35.5. The maximum atomic E-state index is 12.3. The van der Waals surface area contributed by atoms with Gasteiger partial charge in [-0.05, 0) is 36.8 Å². The second kappa shape index (κ2) is 6.20. The van der Waals surface area contributed by atoms with E-state index in [1.165, 1.54) is 25.0 Å². The summed E-state index contributed by atoms with van der Waals surface area (Å²) in [4.78, 5) is 0.0343. The molecule has 1 saturated carbocycles. The summed E-state index contributed by atoms with van der Waals surface area (Å²) >= 11 is 12.1. The van der Waals surface area contributed by atoms with Crippen molar-refractivity contribution in [2.45, 2.75) is 31.2 Å². The van der Waals surface area contributed by atoms with E-state index in [-0.39, 0.29) is 16.5 Å². The van der Waals surface area contributed by atoms with Crippen LogP contribution in [-0.4, -0.2) is 15.0 Å². The van der Waals surface area contributed by atoms with Gasteiger partial charge in [0.05, 0.1) is 5.02 Å². The predicted octanol–water partition coefficient (Wildman–Crippen LogP) is 2.78. The Hall–Kier alpha value is -0.330. The molecule has 0 bridgehead atoms. The maximum absolute atomic E-state index is 12.3. The Labute approximate surface area is 129 Å². The lowest BCUT2D eigenvalue weighted by Crippen LogP contribution is -2.29. The summed E-state index contributed by atoms with van der Waals surface area (Å²) in [5, 5.41) is 0.481. The Balaban J connectivity index is 2.20. The average molecular weight is 337 g/mol. The van der Waals surface area contributed by atoms with E-state index >= 15 is 0 Å². The first-order valence-electron chi connectivity index (χ1n) is 6.53. The molecule has 0 radical (unpaired) electrons. The third kappa shape index (κ3) is 3.46. The SMILES string of the molecule is CC(CNS(=O)(=O)c1ccc(Cl)c(CN)c1Cl)C1CC1. The van der Waals surface area contributed by atoms with Gasteiger partial charge in [0.1, 0.15) is 4.90 Å². The molecule has 1 aromatic rings. The zero-order chi connectivity index (χ0) is 14.9. The van der Waals surface area contributed by atoms with Crippen molar-refractivity contribution in [3.63, 3.8) is 0 Å². The Bertz CT molecular complexity index is 601. The summed E-state index contributed by atoms with van der Waals surface area (Å²) < 4.78 is 27.2. The van der Waals surface area contributed by atoms with Gasteiger partial charge in [0.2, 0.25) is 10.0 Å². The second-order valence-electron chi connectivity index (χ2n) is 5.21. The lowest BCUT2D eigenvalue weighted by molar-refractivity contribution is 0.492. The van der Waals surface area contributed by atoms with E-state index in [0.29, 0.717) is 29.0 Å². The number of hydrogen-bond acceptors (Lipinski definition) is 3. The molecule has 1 atom stereocenters. The molecule has 0 amide bonds. The molecule has 0 spiro atoms. The van der Waals surface area contributed by atoms with Gasteiger partial charge in [0.25, 0.3) is 0 Å². The summed E-state index contributed by atoms with van der Waals surface area (Å²) in [5.74, 6) is 0.975. The fourth-order valence-corrected chi connectivity index (χ4v) is 4.20. The van der Waals surface area contributed by atoms with Gasteiger partial charge < -0.3 is 5.73 Å². The number of sulfonamides is 1. The molecule has 1 aliphatic carbocycles. The van der Waals surface area contributed by atoms with Crippen molar-refractivity contribution in [1.29, 1.82) is 0 Å². The van der Waals surface area contributed by atoms with Gasteiger partial charge in [-0.15, -0.1) is 0 Å². The second-order valence-corrected chi connectivity index (χ2v) is 7.73. The zero-order valence-corrected chi connectivity index (χ0v) is 13.5. The van der Waals surface area contributed by atoms with E-state index in [9.17, 15) is 8.42 Å². The smallest absolute Gasteiger partial charge is 0.242 e. The van der Waals surface area contributed by atoms with Gasteiger partial charge in [-0.25, -0.2) is 13.1 Å². The van der Waals surface area contributed by atoms with E-state index in [2.05, 4.69) is 11.6 Å². The molecule has 3 N–H and O–H groups in total. The minimum absolute atomic E-state index is 0.0343. The molecular weight excluding hydrogens is 319 g/mol. The minimum Gasteiger partial charge on any atom is -0.326 e. The maximum Gasteiger partial charge on any atom is 0.242 e. The van der Waals surface area contributed by atoms with Crippen LogP contribution in [0.1, 0.15) is 25.3 Å². The highest BCUT2D eigenvalue weighted by Crippen LogP contribution is 2.36. The summed E-state index contributed by atoms with van der Waals surface area (Å²) in [5.41, 5.74) is 6.00. The Morgan fingerprint density at radius 3 is 2.60 bits per heavy atom. The summed E-state index contributed by atoms with van der Waals surface area (Å²) in [7, 11) is -3.64. The van der Waals surface area contributed by atoms with Crippen LogP contribution in [0.5, 0.6) is 0 Å². The van der Waals surface area contributed by atoms with Gasteiger partial charge in [-0.3, -0.25) is 0 Å². The van der Waals surface area contributed by atoms with Crippen LogP contribution in [0.2, 0.25) is 10.0 Å². The number of hydrogen-bond donors (Lipinski definition) is 2. The van der Waals surface area contributed by atoms with Crippen LogP contribution < -0.4 is 10.5 Å². The monoisotopic (exact) mass is 336 g/mol. The first kappa shape index (κ1) is 16.0. The van der Waals surface area contributed by atoms with Crippen LogP contribution in [0.3, 0.4) is 0 Å². The lowest BCUT2D eigenvalue weighted by atomic mass is 10.1. The van der Waals surface area contributed by atoms with Crippen molar-refractivity contribution in [2.24, 2.45) is 17.6 Å². The molecule has 0 saturated heterocycles. The van der Waals surface area contributed by atoms with Crippen molar-refractivity contribution >= 4 is 33.2 Å². The average Bonchev–Trinajstić information content (AvgIpc) is 3.20. The van der Waals surface area contributed by atoms with Gasteiger partial charge in [0.15, 0.2) is 0 Å². The highest BCUT2D eigenvalue weighted by molar-refractivity contribution is 7.89. The predicted molar refractivity (Wildman–Crippen MR) is 81.4 cm³/mol. The molecular formula is C13H18Cl2N2O2S. The first-order valence-corrected chi connectivity index (χ1v) is 8.77. The Kier molecular flexibility index (Phi) is 4.97.